The van der Waals surface area contributed by atoms with Crippen LogP contribution in [0.5, 0.6) is 0 Å². The third kappa shape index (κ3) is 3.67. The van der Waals surface area contributed by atoms with Gasteiger partial charge in [0.1, 0.15) is 5.69 Å². The van der Waals surface area contributed by atoms with Gasteiger partial charge in [-0.1, -0.05) is 24.3 Å². The average molecular weight is 326 g/mol. The maximum atomic E-state index is 12.9. The Morgan fingerprint density at radius 1 is 1.21 bits per heavy atom. The molecule has 1 aliphatic rings. The molecular weight excluding hydrogens is 300 g/mol. The third-order valence-corrected chi connectivity index (χ3v) is 4.56. The van der Waals surface area contributed by atoms with Gasteiger partial charge in [-0.15, -0.1) is 0 Å². The van der Waals surface area contributed by atoms with Crippen molar-refractivity contribution >= 4 is 5.91 Å². The molecule has 1 saturated heterocycles. The van der Waals surface area contributed by atoms with Crippen LogP contribution < -0.4 is 0 Å². The molecule has 0 saturated carbocycles. The molecule has 1 atom stereocenters. The number of aromatic nitrogens is 2. The van der Waals surface area contributed by atoms with E-state index in [1.54, 1.807) is 10.7 Å². The van der Waals surface area contributed by atoms with Gasteiger partial charge < -0.3 is 9.80 Å². The molecule has 0 aliphatic carbocycles. The number of hydrogen-bond acceptors (Lipinski definition) is 3. The number of hydrogen-bond donors (Lipinski definition) is 0. The van der Waals surface area contributed by atoms with Gasteiger partial charge in [-0.2, -0.15) is 5.10 Å². The largest absolute Gasteiger partial charge is 0.330 e. The van der Waals surface area contributed by atoms with Crippen LogP contribution in [0.15, 0.2) is 36.5 Å². The van der Waals surface area contributed by atoms with E-state index in [1.807, 2.05) is 18.1 Å². The molecule has 0 N–H and O–H groups in total. The Morgan fingerprint density at radius 2 is 1.96 bits per heavy atom. The molecule has 2 aromatic rings. The molecule has 5 heteroatoms. The Morgan fingerprint density at radius 3 is 2.58 bits per heavy atom. The average Bonchev–Trinajstić information content (AvgIpc) is 3.01. The molecule has 1 fully saturated rings. The summed E-state index contributed by atoms with van der Waals surface area (Å²) in [6.45, 7) is 1.74. The summed E-state index contributed by atoms with van der Waals surface area (Å²) in [5.74, 6) is 0.0395. The van der Waals surface area contributed by atoms with Crippen molar-refractivity contribution in [3.63, 3.8) is 0 Å². The van der Waals surface area contributed by atoms with Crippen LogP contribution in [-0.2, 0) is 13.6 Å². The van der Waals surface area contributed by atoms with Crippen LogP contribution in [0.2, 0.25) is 0 Å². The van der Waals surface area contributed by atoms with Crippen molar-refractivity contribution in [2.75, 3.05) is 20.6 Å². The highest BCUT2D eigenvalue weighted by Gasteiger charge is 2.29. The van der Waals surface area contributed by atoms with Gasteiger partial charge >= 0.3 is 0 Å². The molecule has 0 unspecified atom stereocenters. The van der Waals surface area contributed by atoms with E-state index >= 15 is 0 Å². The summed E-state index contributed by atoms with van der Waals surface area (Å²) < 4.78 is 1.68. The second-order valence-corrected chi connectivity index (χ2v) is 6.86. The summed E-state index contributed by atoms with van der Waals surface area (Å²) in [7, 11) is 5.98. The summed E-state index contributed by atoms with van der Waals surface area (Å²) in [5.41, 5.74) is 3.05. The molecule has 2 heterocycles. The van der Waals surface area contributed by atoms with Gasteiger partial charge in [0.25, 0.3) is 5.91 Å². The van der Waals surface area contributed by atoms with Crippen LogP contribution >= 0.6 is 0 Å². The first-order chi connectivity index (χ1) is 11.5. The van der Waals surface area contributed by atoms with E-state index in [9.17, 15) is 4.79 Å². The zero-order valence-corrected chi connectivity index (χ0v) is 14.8. The normalized spacial score (nSPS) is 18.2. The number of likely N-dealkylation sites (tertiary alicyclic amines) is 1. The molecule has 0 spiro atoms. The highest BCUT2D eigenvalue weighted by Crippen LogP contribution is 2.32. The first-order valence-electron chi connectivity index (χ1n) is 8.59. The fraction of sp³-hybridized carbons (Fsp3) is 0.474. The summed E-state index contributed by atoms with van der Waals surface area (Å²) >= 11 is 0. The SMILES string of the molecule is CN(C)Cc1ccc([C@@H]2CCCCN2C(=O)c2ccn(C)n2)cc1. The van der Waals surface area contributed by atoms with Crippen LogP contribution in [0.4, 0.5) is 0 Å². The fourth-order valence-corrected chi connectivity index (χ4v) is 3.41. The second-order valence-electron chi connectivity index (χ2n) is 6.86. The van der Waals surface area contributed by atoms with Crippen molar-refractivity contribution in [1.29, 1.82) is 0 Å². The lowest BCUT2D eigenvalue weighted by atomic mass is 9.94. The Kier molecular flexibility index (Phi) is 5.00. The van der Waals surface area contributed by atoms with Crippen molar-refractivity contribution in [3.05, 3.63) is 53.3 Å². The monoisotopic (exact) mass is 326 g/mol. The number of amides is 1. The quantitative estimate of drug-likeness (QED) is 0.867. The molecule has 1 aromatic carbocycles. The molecular formula is C19H26N4O. The Hall–Kier alpha value is -2.14. The summed E-state index contributed by atoms with van der Waals surface area (Å²) in [6.07, 6.45) is 5.07. The minimum atomic E-state index is 0.0395. The molecule has 1 amide bonds. The van der Waals surface area contributed by atoms with Crippen molar-refractivity contribution in [1.82, 2.24) is 19.6 Å². The van der Waals surface area contributed by atoms with E-state index < -0.39 is 0 Å². The standard InChI is InChI=1S/C19H26N4O/c1-21(2)14-15-7-9-16(10-8-15)18-6-4-5-12-23(18)19(24)17-11-13-22(3)20-17/h7-11,13,18H,4-6,12,14H2,1-3H3/t18-/m0/s1. The first-order valence-corrected chi connectivity index (χ1v) is 8.59. The van der Waals surface area contributed by atoms with Crippen LogP contribution in [0, 0.1) is 0 Å². The highest BCUT2D eigenvalue weighted by molar-refractivity contribution is 5.92. The van der Waals surface area contributed by atoms with E-state index in [1.165, 1.54) is 11.1 Å². The lowest BCUT2D eigenvalue weighted by Gasteiger charge is -2.35. The second kappa shape index (κ2) is 7.18. The predicted molar refractivity (Wildman–Crippen MR) is 94.7 cm³/mol. The van der Waals surface area contributed by atoms with Crippen molar-refractivity contribution < 1.29 is 4.79 Å². The minimum absolute atomic E-state index is 0.0395. The number of carbonyl (C=O) groups is 1. The molecule has 1 aromatic heterocycles. The first kappa shape index (κ1) is 16.7. The summed E-state index contributed by atoms with van der Waals surface area (Å²) in [5, 5.41) is 4.28. The highest BCUT2D eigenvalue weighted by atomic mass is 16.2. The lowest BCUT2D eigenvalue weighted by molar-refractivity contribution is 0.0604. The van der Waals surface area contributed by atoms with Gasteiger partial charge in [0, 0.05) is 26.3 Å². The van der Waals surface area contributed by atoms with Crippen LogP contribution in [0.1, 0.15) is 46.9 Å². The molecule has 5 nitrogen and oxygen atoms in total. The number of carbonyl (C=O) groups excluding carboxylic acids is 1. The van der Waals surface area contributed by atoms with Gasteiger partial charge in [-0.3, -0.25) is 9.48 Å². The number of nitrogens with zero attached hydrogens (tertiary/aromatic N) is 4. The van der Waals surface area contributed by atoms with Gasteiger partial charge in [0.15, 0.2) is 0 Å². The van der Waals surface area contributed by atoms with E-state index in [-0.39, 0.29) is 11.9 Å². The molecule has 24 heavy (non-hydrogen) atoms. The van der Waals surface area contributed by atoms with Crippen molar-refractivity contribution in [3.8, 4) is 0 Å². The zero-order valence-electron chi connectivity index (χ0n) is 14.8. The van der Waals surface area contributed by atoms with E-state index in [0.717, 1.165) is 32.4 Å². The number of benzene rings is 1. The van der Waals surface area contributed by atoms with Gasteiger partial charge in [-0.05, 0) is 50.6 Å². The van der Waals surface area contributed by atoms with Crippen molar-refractivity contribution in [2.24, 2.45) is 7.05 Å². The zero-order chi connectivity index (χ0) is 17.1. The van der Waals surface area contributed by atoms with E-state index in [0.29, 0.717) is 5.69 Å². The van der Waals surface area contributed by atoms with Gasteiger partial charge in [-0.25, -0.2) is 0 Å². The molecule has 3 rings (SSSR count). The van der Waals surface area contributed by atoms with E-state index in [4.69, 9.17) is 0 Å². The van der Waals surface area contributed by atoms with E-state index in [2.05, 4.69) is 48.4 Å². The smallest absolute Gasteiger partial charge is 0.274 e. The minimum Gasteiger partial charge on any atom is -0.330 e. The Balaban J connectivity index is 1.80. The molecule has 1 aliphatic heterocycles. The summed E-state index contributed by atoms with van der Waals surface area (Å²) in [4.78, 5) is 17.0. The number of rotatable bonds is 4. The maximum Gasteiger partial charge on any atom is 0.274 e. The van der Waals surface area contributed by atoms with Crippen LogP contribution in [-0.4, -0.2) is 46.1 Å². The molecule has 128 valence electrons. The Bertz CT molecular complexity index is 690. The topological polar surface area (TPSA) is 41.4 Å². The van der Waals surface area contributed by atoms with Crippen LogP contribution in [0.25, 0.3) is 0 Å². The predicted octanol–water partition coefficient (Wildman–Crippen LogP) is 2.85. The number of piperidine rings is 1. The van der Waals surface area contributed by atoms with Gasteiger partial charge in [0.2, 0.25) is 0 Å². The fourth-order valence-electron chi connectivity index (χ4n) is 3.41. The Labute approximate surface area is 143 Å². The maximum absolute atomic E-state index is 12.9. The number of aryl methyl sites for hydroxylation is 1. The summed E-state index contributed by atoms with van der Waals surface area (Å²) in [6, 6.07) is 10.7. The van der Waals surface area contributed by atoms with Gasteiger partial charge in [0.05, 0.1) is 6.04 Å². The van der Waals surface area contributed by atoms with Crippen molar-refractivity contribution in [2.45, 2.75) is 31.8 Å². The lowest BCUT2D eigenvalue weighted by Crippen LogP contribution is -2.38. The van der Waals surface area contributed by atoms with Crippen LogP contribution in [0.3, 0.4) is 0 Å². The molecule has 0 radical (unpaired) electrons. The third-order valence-electron chi connectivity index (χ3n) is 4.56. The molecule has 0 bridgehead atoms.